The molecule has 1 atom stereocenters. The smallest absolute Gasteiger partial charge is 0.0700 e. The molecule has 0 aromatic carbocycles. The van der Waals surface area contributed by atoms with Gasteiger partial charge in [-0.3, -0.25) is 0 Å². The maximum atomic E-state index is 5.46. The van der Waals surface area contributed by atoms with Crippen LogP contribution in [0.4, 0.5) is 0 Å². The Morgan fingerprint density at radius 1 is 1.36 bits per heavy atom. The SMILES string of the molecule is COCCOCCC1(CBr)CCOC1. The summed E-state index contributed by atoms with van der Waals surface area (Å²) in [5, 5.41) is 1.01. The monoisotopic (exact) mass is 266 g/mol. The molecule has 0 amide bonds. The molecule has 1 unspecified atom stereocenters. The lowest BCUT2D eigenvalue weighted by Crippen LogP contribution is -2.25. The van der Waals surface area contributed by atoms with E-state index in [0.717, 1.165) is 38.0 Å². The molecule has 0 aliphatic carbocycles. The van der Waals surface area contributed by atoms with Crippen LogP contribution in [0.2, 0.25) is 0 Å². The predicted molar refractivity (Wildman–Crippen MR) is 59.0 cm³/mol. The van der Waals surface area contributed by atoms with E-state index in [-0.39, 0.29) is 0 Å². The van der Waals surface area contributed by atoms with Crippen LogP contribution in [0, 0.1) is 5.41 Å². The van der Waals surface area contributed by atoms with E-state index in [9.17, 15) is 0 Å². The van der Waals surface area contributed by atoms with Crippen molar-refractivity contribution in [1.29, 1.82) is 0 Å². The Balaban J connectivity index is 2.08. The topological polar surface area (TPSA) is 27.7 Å². The third-order valence-electron chi connectivity index (χ3n) is 2.68. The van der Waals surface area contributed by atoms with E-state index < -0.39 is 0 Å². The number of methoxy groups -OCH3 is 1. The van der Waals surface area contributed by atoms with Crippen molar-refractivity contribution in [3.05, 3.63) is 0 Å². The van der Waals surface area contributed by atoms with E-state index in [2.05, 4.69) is 15.9 Å². The van der Waals surface area contributed by atoms with Crippen LogP contribution in [-0.4, -0.2) is 45.5 Å². The first-order valence-corrected chi connectivity index (χ1v) is 6.15. The van der Waals surface area contributed by atoms with Crippen LogP contribution in [0.15, 0.2) is 0 Å². The zero-order valence-electron chi connectivity index (χ0n) is 8.76. The molecule has 0 spiro atoms. The zero-order valence-corrected chi connectivity index (χ0v) is 10.3. The van der Waals surface area contributed by atoms with Crippen LogP contribution < -0.4 is 0 Å². The normalized spacial score (nSPS) is 27.0. The lowest BCUT2D eigenvalue weighted by molar-refractivity contribution is 0.0515. The Kier molecular flexibility index (Phi) is 6.01. The highest BCUT2D eigenvalue weighted by Crippen LogP contribution is 2.34. The highest BCUT2D eigenvalue weighted by molar-refractivity contribution is 9.09. The van der Waals surface area contributed by atoms with Crippen LogP contribution in [0.25, 0.3) is 0 Å². The maximum absolute atomic E-state index is 5.46. The Morgan fingerprint density at radius 3 is 2.79 bits per heavy atom. The number of hydrogen-bond acceptors (Lipinski definition) is 3. The Labute approximate surface area is 94.2 Å². The number of rotatable bonds is 7. The van der Waals surface area contributed by atoms with Gasteiger partial charge >= 0.3 is 0 Å². The molecular formula is C10H19BrO3. The van der Waals surface area contributed by atoms with Gasteiger partial charge in [-0.2, -0.15) is 0 Å². The van der Waals surface area contributed by atoms with Gasteiger partial charge in [-0.1, -0.05) is 15.9 Å². The van der Waals surface area contributed by atoms with Gasteiger partial charge in [0.15, 0.2) is 0 Å². The molecule has 1 fully saturated rings. The number of halogens is 1. The van der Waals surface area contributed by atoms with Gasteiger partial charge in [0.1, 0.15) is 0 Å². The van der Waals surface area contributed by atoms with E-state index in [1.165, 1.54) is 0 Å². The Bertz CT molecular complexity index is 146. The van der Waals surface area contributed by atoms with Gasteiger partial charge in [-0.05, 0) is 12.8 Å². The molecule has 0 radical (unpaired) electrons. The van der Waals surface area contributed by atoms with Gasteiger partial charge in [-0.25, -0.2) is 0 Å². The zero-order chi connectivity index (χ0) is 10.3. The number of alkyl halides is 1. The van der Waals surface area contributed by atoms with Crippen molar-refractivity contribution in [3.8, 4) is 0 Å². The van der Waals surface area contributed by atoms with Crippen molar-refractivity contribution in [2.24, 2.45) is 5.41 Å². The molecule has 1 aliphatic rings. The van der Waals surface area contributed by atoms with Crippen molar-refractivity contribution in [2.75, 3.05) is 45.5 Å². The second kappa shape index (κ2) is 6.77. The molecule has 84 valence electrons. The van der Waals surface area contributed by atoms with Crippen molar-refractivity contribution in [3.63, 3.8) is 0 Å². The summed E-state index contributed by atoms with van der Waals surface area (Å²) < 4.78 is 15.8. The Hall–Kier alpha value is 0.360. The minimum absolute atomic E-state index is 0.313. The summed E-state index contributed by atoms with van der Waals surface area (Å²) in [6.45, 7) is 3.93. The molecule has 0 aromatic heterocycles. The average Bonchev–Trinajstić information content (AvgIpc) is 2.67. The van der Waals surface area contributed by atoms with Crippen molar-refractivity contribution in [1.82, 2.24) is 0 Å². The first-order valence-electron chi connectivity index (χ1n) is 5.03. The van der Waals surface area contributed by atoms with Crippen LogP contribution in [0.1, 0.15) is 12.8 Å². The number of ether oxygens (including phenoxy) is 3. The van der Waals surface area contributed by atoms with Crippen molar-refractivity contribution >= 4 is 15.9 Å². The van der Waals surface area contributed by atoms with Gasteiger partial charge < -0.3 is 14.2 Å². The number of hydrogen-bond donors (Lipinski definition) is 0. The minimum atomic E-state index is 0.313. The highest BCUT2D eigenvalue weighted by Gasteiger charge is 2.33. The second-order valence-electron chi connectivity index (χ2n) is 3.79. The van der Waals surface area contributed by atoms with Gasteiger partial charge in [0.05, 0.1) is 19.8 Å². The van der Waals surface area contributed by atoms with Crippen molar-refractivity contribution in [2.45, 2.75) is 12.8 Å². The summed E-state index contributed by atoms with van der Waals surface area (Å²) in [4.78, 5) is 0. The predicted octanol–water partition coefficient (Wildman–Crippen LogP) is 1.84. The minimum Gasteiger partial charge on any atom is -0.382 e. The fourth-order valence-corrected chi connectivity index (χ4v) is 2.27. The molecule has 0 saturated carbocycles. The summed E-state index contributed by atoms with van der Waals surface area (Å²) >= 11 is 3.56. The van der Waals surface area contributed by atoms with Crippen LogP contribution in [0.5, 0.6) is 0 Å². The van der Waals surface area contributed by atoms with E-state index >= 15 is 0 Å². The third-order valence-corrected chi connectivity index (χ3v) is 3.87. The summed E-state index contributed by atoms with van der Waals surface area (Å²) in [5.74, 6) is 0. The lowest BCUT2D eigenvalue weighted by Gasteiger charge is -2.24. The Morgan fingerprint density at radius 2 is 2.21 bits per heavy atom. The van der Waals surface area contributed by atoms with Gasteiger partial charge in [-0.15, -0.1) is 0 Å². The van der Waals surface area contributed by atoms with E-state index in [1.54, 1.807) is 7.11 Å². The quantitative estimate of drug-likeness (QED) is 0.520. The maximum Gasteiger partial charge on any atom is 0.0700 e. The van der Waals surface area contributed by atoms with Gasteiger partial charge in [0.25, 0.3) is 0 Å². The summed E-state index contributed by atoms with van der Waals surface area (Å²) in [6, 6.07) is 0. The molecular weight excluding hydrogens is 248 g/mol. The van der Waals surface area contributed by atoms with Crippen LogP contribution in [-0.2, 0) is 14.2 Å². The van der Waals surface area contributed by atoms with E-state index in [1.807, 2.05) is 0 Å². The standard InChI is InChI=1S/C10H19BrO3/c1-12-6-7-13-4-2-10(8-11)3-5-14-9-10/h2-9H2,1H3. The first kappa shape index (κ1) is 12.4. The molecule has 1 aliphatic heterocycles. The highest BCUT2D eigenvalue weighted by atomic mass is 79.9. The third kappa shape index (κ3) is 3.85. The van der Waals surface area contributed by atoms with Crippen molar-refractivity contribution < 1.29 is 14.2 Å². The summed E-state index contributed by atoms with van der Waals surface area (Å²) in [5.41, 5.74) is 0.313. The van der Waals surface area contributed by atoms with Crippen LogP contribution >= 0.6 is 15.9 Å². The molecule has 1 heterocycles. The molecule has 1 saturated heterocycles. The molecule has 0 N–H and O–H groups in total. The van der Waals surface area contributed by atoms with Gasteiger partial charge in [0.2, 0.25) is 0 Å². The van der Waals surface area contributed by atoms with E-state index in [4.69, 9.17) is 14.2 Å². The second-order valence-corrected chi connectivity index (χ2v) is 4.35. The molecule has 0 aromatic rings. The van der Waals surface area contributed by atoms with E-state index in [0.29, 0.717) is 18.6 Å². The summed E-state index contributed by atoms with van der Waals surface area (Å²) in [7, 11) is 1.69. The molecule has 4 heteroatoms. The van der Waals surface area contributed by atoms with Crippen LogP contribution in [0.3, 0.4) is 0 Å². The average molecular weight is 267 g/mol. The lowest BCUT2D eigenvalue weighted by atomic mass is 9.87. The largest absolute Gasteiger partial charge is 0.382 e. The fourth-order valence-electron chi connectivity index (χ4n) is 1.55. The molecule has 3 nitrogen and oxygen atoms in total. The molecule has 14 heavy (non-hydrogen) atoms. The molecule has 1 rings (SSSR count). The van der Waals surface area contributed by atoms with Gasteiger partial charge in [0, 0.05) is 31.1 Å². The first-order chi connectivity index (χ1) is 6.83. The molecule has 0 bridgehead atoms. The fraction of sp³-hybridized carbons (Fsp3) is 1.00. The summed E-state index contributed by atoms with van der Waals surface area (Å²) in [6.07, 6.45) is 2.22.